The van der Waals surface area contributed by atoms with Crippen LogP contribution in [0.25, 0.3) is 0 Å². The van der Waals surface area contributed by atoms with E-state index >= 15 is 0 Å². The number of hydrogen-bond donors (Lipinski definition) is 2. The molecule has 1 aromatic rings. The van der Waals surface area contributed by atoms with Crippen molar-refractivity contribution in [2.75, 3.05) is 19.7 Å². The van der Waals surface area contributed by atoms with Gasteiger partial charge in [-0.05, 0) is 18.2 Å². The molecule has 1 fully saturated rings. The minimum absolute atomic E-state index is 0.184. The number of aliphatic hydroxyl groups excluding tert-OH is 1. The van der Waals surface area contributed by atoms with Gasteiger partial charge in [-0.15, -0.1) is 0 Å². The Labute approximate surface area is 118 Å². The normalized spacial score (nSPS) is 23.5. The van der Waals surface area contributed by atoms with Crippen LogP contribution >= 0.6 is 11.6 Å². The zero-order valence-electron chi connectivity index (χ0n) is 10.8. The topological polar surface area (TPSA) is 58.7 Å². The van der Waals surface area contributed by atoms with E-state index in [0.29, 0.717) is 31.3 Å². The van der Waals surface area contributed by atoms with Gasteiger partial charge >= 0.3 is 0 Å². The molecular weight excluding hydrogens is 264 g/mol. The molecule has 0 unspecified atom stereocenters. The Morgan fingerprint density at radius 1 is 1.53 bits per heavy atom. The molecule has 0 aliphatic carbocycles. The van der Waals surface area contributed by atoms with Crippen LogP contribution in [0.2, 0.25) is 5.02 Å². The molecule has 0 spiro atoms. The molecule has 0 amide bonds. The highest BCUT2D eigenvalue weighted by Crippen LogP contribution is 2.25. The van der Waals surface area contributed by atoms with E-state index in [1.165, 1.54) is 0 Å². The Hall–Kier alpha value is -1.07. The van der Waals surface area contributed by atoms with Gasteiger partial charge in [0, 0.05) is 36.3 Å². The molecule has 1 aromatic carbocycles. The number of β-amino-alcohol motifs (C(OH)–C–C–N with tert-alkyl or cyclic N) is 1. The van der Waals surface area contributed by atoms with Crippen molar-refractivity contribution in [1.82, 2.24) is 4.90 Å². The number of ether oxygens (including phenoxy) is 1. The molecule has 104 valence electrons. The zero-order chi connectivity index (χ0) is 13.8. The first-order valence-electron chi connectivity index (χ1n) is 6.28. The minimum Gasteiger partial charge on any atom is -0.489 e. The fourth-order valence-electron chi connectivity index (χ4n) is 2.23. The summed E-state index contributed by atoms with van der Waals surface area (Å²) in [5.74, 6) is 0.791. The summed E-state index contributed by atoms with van der Waals surface area (Å²) in [7, 11) is 0. The SMILES string of the molecule is C=CCOc1ccc(Cl)cc1CN1C[C@@H](N)[C@H](O)C1. The standard InChI is InChI=1S/C14H19ClN2O2/c1-2-5-19-14-4-3-11(15)6-10(14)7-17-8-12(16)13(18)9-17/h2-4,6,12-13,18H,1,5,7-9,16H2/t12-,13-/m1/s1. The number of aliphatic hydroxyl groups is 1. The van der Waals surface area contributed by atoms with Gasteiger partial charge in [0.15, 0.2) is 0 Å². The van der Waals surface area contributed by atoms with E-state index in [-0.39, 0.29) is 6.04 Å². The van der Waals surface area contributed by atoms with Crippen molar-refractivity contribution in [3.63, 3.8) is 0 Å². The fraction of sp³-hybridized carbons (Fsp3) is 0.429. The number of benzene rings is 1. The summed E-state index contributed by atoms with van der Waals surface area (Å²) >= 11 is 6.03. The van der Waals surface area contributed by atoms with Crippen molar-refractivity contribution in [1.29, 1.82) is 0 Å². The van der Waals surface area contributed by atoms with Crippen LogP contribution in [0.5, 0.6) is 5.75 Å². The van der Waals surface area contributed by atoms with Gasteiger partial charge < -0.3 is 15.6 Å². The Morgan fingerprint density at radius 3 is 2.95 bits per heavy atom. The molecule has 0 radical (unpaired) electrons. The highest BCUT2D eigenvalue weighted by atomic mass is 35.5. The summed E-state index contributed by atoms with van der Waals surface area (Å²) in [6.45, 7) is 6.01. The minimum atomic E-state index is -0.461. The van der Waals surface area contributed by atoms with E-state index in [2.05, 4.69) is 11.5 Å². The molecule has 1 heterocycles. The van der Waals surface area contributed by atoms with Crippen LogP contribution in [0.1, 0.15) is 5.56 Å². The van der Waals surface area contributed by atoms with Crippen molar-refractivity contribution in [2.45, 2.75) is 18.7 Å². The monoisotopic (exact) mass is 282 g/mol. The van der Waals surface area contributed by atoms with Crippen LogP contribution in [0, 0.1) is 0 Å². The molecule has 5 heteroatoms. The summed E-state index contributed by atoms with van der Waals surface area (Å²) in [6.07, 6.45) is 1.24. The van der Waals surface area contributed by atoms with E-state index in [0.717, 1.165) is 11.3 Å². The molecule has 3 N–H and O–H groups in total. The van der Waals surface area contributed by atoms with Gasteiger partial charge in [0.25, 0.3) is 0 Å². The Morgan fingerprint density at radius 2 is 2.32 bits per heavy atom. The molecule has 0 aromatic heterocycles. The molecule has 1 aliphatic rings. The molecule has 19 heavy (non-hydrogen) atoms. The summed E-state index contributed by atoms with van der Waals surface area (Å²) in [5, 5.41) is 10.3. The quantitative estimate of drug-likeness (QED) is 0.802. The summed E-state index contributed by atoms with van der Waals surface area (Å²) in [4.78, 5) is 2.10. The van der Waals surface area contributed by atoms with E-state index < -0.39 is 6.10 Å². The highest BCUT2D eigenvalue weighted by molar-refractivity contribution is 6.30. The number of nitrogens with two attached hydrogens (primary N) is 1. The second kappa shape index (κ2) is 6.39. The number of hydrogen-bond acceptors (Lipinski definition) is 4. The largest absolute Gasteiger partial charge is 0.489 e. The van der Waals surface area contributed by atoms with Crippen LogP contribution in [-0.4, -0.2) is 41.8 Å². The molecule has 1 saturated heterocycles. The number of nitrogens with zero attached hydrogens (tertiary/aromatic N) is 1. The molecule has 0 bridgehead atoms. The number of likely N-dealkylation sites (tertiary alicyclic amines) is 1. The van der Waals surface area contributed by atoms with Gasteiger partial charge in [0.1, 0.15) is 12.4 Å². The second-order valence-electron chi connectivity index (χ2n) is 4.78. The predicted octanol–water partition coefficient (Wildman–Crippen LogP) is 1.41. The summed E-state index contributed by atoms with van der Waals surface area (Å²) in [6, 6.07) is 5.36. The van der Waals surface area contributed by atoms with E-state index in [4.69, 9.17) is 22.1 Å². The predicted molar refractivity (Wildman–Crippen MR) is 76.4 cm³/mol. The molecule has 2 rings (SSSR count). The molecular formula is C14H19ClN2O2. The lowest BCUT2D eigenvalue weighted by atomic mass is 10.2. The van der Waals surface area contributed by atoms with Crippen LogP contribution in [0.15, 0.2) is 30.9 Å². The van der Waals surface area contributed by atoms with Gasteiger partial charge in [0.05, 0.1) is 6.10 Å². The number of halogens is 1. The first-order valence-corrected chi connectivity index (χ1v) is 6.66. The zero-order valence-corrected chi connectivity index (χ0v) is 11.5. The number of rotatable bonds is 5. The van der Waals surface area contributed by atoms with Crippen molar-refractivity contribution in [2.24, 2.45) is 5.73 Å². The van der Waals surface area contributed by atoms with E-state index in [9.17, 15) is 5.11 Å². The average Bonchev–Trinajstić information content (AvgIpc) is 2.67. The van der Waals surface area contributed by atoms with Crippen molar-refractivity contribution < 1.29 is 9.84 Å². The van der Waals surface area contributed by atoms with Gasteiger partial charge in [-0.25, -0.2) is 0 Å². The Bertz CT molecular complexity index is 443. The summed E-state index contributed by atoms with van der Waals surface area (Å²) < 4.78 is 5.61. The van der Waals surface area contributed by atoms with Crippen LogP contribution in [0.3, 0.4) is 0 Å². The van der Waals surface area contributed by atoms with Crippen molar-refractivity contribution >= 4 is 11.6 Å². The van der Waals surface area contributed by atoms with Crippen molar-refractivity contribution in [3.8, 4) is 5.75 Å². The van der Waals surface area contributed by atoms with Gasteiger partial charge in [-0.2, -0.15) is 0 Å². The van der Waals surface area contributed by atoms with Gasteiger partial charge in [0.2, 0.25) is 0 Å². The van der Waals surface area contributed by atoms with Crippen LogP contribution in [-0.2, 0) is 6.54 Å². The summed E-state index contributed by atoms with van der Waals surface area (Å²) in [5.41, 5.74) is 6.80. The van der Waals surface area contributed by atoms with Gasteiger partial charge in [-0.3, -0.25) is 4.90 Å². The third-order valence-electron chi connectivity index (χ3n) is 3.18. The smallest absolute Gasteiger partial charge is 0.124 e. The molecule has 4 nitrogen and oxygen atoms in total. The molecule has 1 aliphatic heterocycles. The maximum atomic E-state index is 9.67. The second-order valence-corrected chi connectivity index (χ2v) is 5.21. The molecule has 2 atom stereocenters. The van der Waals surface area contributed by atoms with Crippen LogP contribution in [0.4, 0.5) is 0 Å². The lowest BCUT2D eigenvalue weighted by molar-refractivity contribution is 0.163. The Balaban J connectivity index is 2.09. The molecule has 0 saturated carbocycles. The van der Waals surface area contributed by atoms with E-state index in [1.807, 2.05) is 12.1 Å². The lowest BCUT2D eigenvalue weighted by Crippen LogP contribution is -2.32. The third kappa shape index (κ3) is 3.70. The van der Waals surface area contributed by atoms with Crippen LogP contribution < -0.4 is 10.5 Å². The van der Waals surface area contributed by atoms with Gasteiger partial charge in [-0.1, -0.05) is 24.3 Å². The maximum Gasteiger partial charge on any atom is 0.124 e. The van der Waals surface area contributed by atoms with E-state index in [1.54, 1.807) is 12.1 Å². The Kier molecular flexibility index (Phi) is 4.82. The van der Waals surface area contributed by atoms with Crippen molar-refractivity contribution in [3.05, 3.63) is 41.4 Å². The average molecular weight is 283 g/mol. The maximum absolute atomic E-state index is 9.67. The first-order chi connectivity index (χ1) is 9.10. The fourth-order valence-corrected chi connectivity index (χ4v) is 2.42. The first kappa shape index (κ1) is 14.3. The highest BCUT2D eigenvalue weighted by Gasteiger charge is 2.28. The lowest BCUT2D eigenvalue weighted by Gasteiger charge is -2.18. The third-order valence-corrected chi connectivity index (χ3v) is 3.42.